The van der Waals surface area contributed by atoms with E-state index in [1.54, 1.807) is 6.07 Å². The van der Waals surface area contributed by atoms with Gasteiger partial charge in [-0.25, -0.2) is 4.79 Å². The first kappa shape index (κ1) is 12.3. The second-order valence-electron chi connectivity index (χ2n) is 4.32. The van der Waals surface area contributed by atoms with Crippen molar-refractivity contribution in [3.05, 3.63) is 54.3 Å². The van der Waals surface area contributed by atoms with Gasteiger partial charge in [0.05, 0.1) is 12.5 Å². The van der Waals surface area contributed by atoms with Crippen LogP contribution in [-0.2, 0) is 0 Å². The average Bonchev–Trinajstić information content (AvgIpc) is 2.87. The van der Waals surface area contributed by atoms with Crippen molar-refractivity contribution in [2.45, 2.75) is 0 Å². The Kier molecular flexibility index (Phi) is 2.91. The van der Waals surface area contributed by atoms with Gasteiger partial charge in [0, 0.05) is 5.39 Å². The zero-order chi connectivity index (χ0) is 14.1. The molecule has 2 aromatic carbocycles. The molecule has 0 saturated heterocycles. The van der Waals surface area contributed by atoms with Gasteiger partial charge in [0.2, 0.25) is 5.76 Å². The van der Waals surface area contributed by atoms with E-state index < -0.39 is 5.97 Å². The molecule has 0 fully saturated rings. The highest BCUT2D eigenvalue weighted by Crippen LogP contribution is 2.38. The van der Waals surface area contributed by atoms with Crippen LogP contribution in [0.5, 0.6) is 5.95 Å². The van der Waals surface area contributed by atoms with Crippen molar-refractivity contribution in [2.75, 3.05) is 7.11 Å². The lowest BCUT2D eigenvalue weighted by Crippen LogP contribution is -1.94. The largest absolute Gasteiger partial charge is 0.475 e. The minimum absolute atomic E-state index is 0.101. The van der Waals surface area contributed by atoms with Crippen LogP contribution in [0.15, 0.2) is 52.9 Å². The van der Waals surface area contributed by atoms with Crippen LogP contribution in [0.2, 0.25) is 0 Å². The predicted molar refractivity (Wildman–Crippen MR) is 75.2 cm³/mol. The summed E-state index contributed by atoms with van der Waals surface area (Å²) >= 11 is 0. The van der Waals surface area contributed by atoms with Crippen LogP contribution in [0.3, 0.4) is 0 Å². The molecule has 0 amide bonds. The maximum Gasteiger partial charge on any atom is 0.372 e. The lowest BCUT2D eigenvalue weighted by molar-refractivity contribution is 0.0659. The monoisotopic (exact) mass is 268 g/mol. The number of hydrogen-bond acceptors (Lipinski definition) is 3. The molecule has 0 atom stereocenters. The third-order valence-electron chi connectivity index (χ3n) is 3.17. The molecular weight excluding hydrogens is 256 g/mol. The first-order valence-corrected chi connectivity index (χ1v) is 6.10. The van der Waals surface area contributed by atoms with Crippen LogP contribution in [0, 0.1) is 0 Å². The van der Waals surface area contributed by atoms with Gasteiger partial charge >= 0.3 is 5.97 Å². The van der Waals surface area contributed by atoms with E-state index >= 15 is 0 Å². The first-order chi connectivity index (χ1) is 9.72. The average molecular weight is 268 g/mol. The Bertz CT molecular complexity index is 772. The van der Waals surface area contributed by atoms with Crippen molar-refractivity contribution in [1.82, 2.24) is 0 Å². The van der Waals surface area contributed by atoms with E-state index in [1.807, 2.05) is 42.5 Å². The van der Waals surface area contributed by atoms with Crippen molar-refractivity contribution in [3.8, 4) is 17.1 Å². The molecule has 0 spiro atoms. The van der Waals surface area contributed by atoms with Crippen molar-refractivity contribution < 1.29 is 19.1 Å². The number of furan rings is 1. The predicted octanol–water partition coefficient (Wildman–Crippen LogP) is 3.81. The van der Waals surface area contributed by atoms with Crippen LogP contribution in [0.25, 0.3) is 21.9 Å². The molecule has 3 aromatic rings. The topological polar surface area (TPSA) is 59.7 Å². The fourth-order valence-corrected chi connectivity index (χ4v) is 2.33. The van der Waals surface area contributed by atoms with Crippen molar-refractivity contribution >= 4 is 16.7 Å². The number of ether oxygens (including phenoxy) is 1. The molecule has 1 heterocycles. The van der Waals surface area contributed by atoms with Gasteiger partial charge in [-0.1, -0.05) is 42.5 Å². The second-order valence-corrected chi connectivity index (χ2v) is 4.32. The number of fused-ring (bicyclic) bond motifs is 1. The molecular formula is C16H12O4. The number of rotatable bonds is 3. The maximum absolute atomic E-state index is 11.4. The van der Waals surface area contributed by atoms with Gasteiger partial charge in [-0.05, 0) is 17.2 Å². The molecule has 0 radical (unpaired) electrons. The molecule has 0 bridgehead atoms. The Hall–Kier alpha value is -2.75. The van der Waals surface area contributed by atoms with Crippen molar-refractivity contribution in [2.24, 2.45) is 0 Å². The standard InChI is InChI=1S/C16H12O4/c1-19-16-12-9-5-8-11(10-6-3-2-4-7-10)13(12)14(20-16)15(17)18/h2-9H,1H3,(H,17,18). The summed E-state index contributed by atoms with van der Waals surface area (Å²) in [5, 5.41) is 10.5. The number of methoxy groups -OCH3 is 1. The minimum atomic E-state index is -1.11. The summed E-state index contributed by atoms with van der Waals surface area (Å²) in [4.78, 5) is 11.4. The number of aromatic carboxylic acids is 1. The molecule has 0 aliphatic heterocycles. The Labute approximate surface area is 115 Å². The molecule has 100 valence electrons. The van der Waals surface area contributed by atoms with E-state index in [9.17, 15) is 9.90 Å². The fraction of sp³-hybridized carbons (Fsp3) is 0.0625. The number of hydrogen-bond donors (Lipinski definition) is 1. The quantitative estimate of drug-likeness (QED) is 0.784. The van der Waals surface area contributed by atoms with Gasteiger partial charge < -0.3 is 14.3 Å². The summed E-state index contributed by atoms with van der Waals surface area (Å²) in [7, 11) is 1.46. The molecule has 4 heteroatoms. The minimum Gasteiger partial charge on any atom is -0.475 e. The summed E-state index contributed by atoms with van der Waals surface area (Å²) in [5.41, 5.74) is 1.75. The van der Waals surface area contributed by atoms with Gasteiger partial charge in [-0.2, -0.15) is 0 Å². The summed E-state index contributed by atoms with van der Waals surface area (Å²) in [6, 6.07) is 15.1. The van der Waals surface area contributed by atoms with Gasteiger partial charge in [0.25, 0.3) is 5.95 Å². The molecule has 0 aliphatic carbocycles. The maximum atomic E-state index is 11.4. The van der Waals surface area contributed by atoms with Crippen LogP contribution >= 0.6 is 0 Å². The number of carbonyl (C=O) groups is 1. The molecule has 1 N–H and O–H groups in total. The highest BCUT2D eigenvalue weighted by molar-refractivity contribution is 6.10. The van der Waals surface area contributed by atoms with Gasteiger partial charge in [-0.3, -0.25) is 0 Å². The van der Waals surface area contributed by atoms with E-state index in [4.69, 9.17) is 9.15 Å². The van der Waals surface area contributed by atoms with Crippen molar-refractivity contribution in [1.29, 1.82) is 0 Å². The highest BCUT2D eigenvalue weighted by Gasteiger charge is 2.22. The molecule has 4 nitrogen and oxygen atoms in total. The number of benzene rings is 2. The molecule has 20 heavy (non-hydrogen) atoms. The zero-order valence-electron chi connectivity index (χ0n) is 10.8. The van der Waals surface area contributed by atoms with Gasteiger partial charge in [0.15, 0.2) is 0 Å². The Morgan fingerprint density at radius 1 is 1.10 bits per heavy atom. The summed E-state index contributed by atoms with van der Waals surface area (Å²) in [5.74, 6) is -0.992. The van der Waals surface area contributed by atoms with Crippen molar-refractivity contribution in [3.63, 3.8) is 0 Å². The van der Waals surface area contributed by atoms with Crippen LogP contribution < -0.4 is 4.74 Å². The SMILES string of the molecule is COc1oc(C(=O)O)c2c(-c3ccccc3)cccc12. The lowest BCUT2D eigenvalue weighted by Gasteiger charge is -2.03. The van der Waals surface area contributed by atoms with E-state index in [2.05, 4.69) is 0 Å². The van der Waals surface area contributed by atoms with Gasteiger partial charge in [-0.15, -0.1) is 0 Å². The van der Waals surface area contributed by atoms with E-state index in [0.717, 1.165) is 11.1 Å². The van der Waals surface area contributed by atoms with E-state index in [1.165, 1.54) is 7.11 Å². The third-order valence-corrected chi connectivity index (χ3v) is 3.17. The smallest absolute Gasteiger partial charge is 0.372 e. The van der Waals surface area contributed by atoms with E-state index in [-0.39, 0.29) is 11.7 Å². The Morgan fingerprint density at radius 3 is 2.50 bits per heavy atom. The molecule has 0 saturated carbocycles. The summed E-state index contributed by atoms with van der Waals surface area (Å²) < 4.78 is 10.4. The highest BCUT2D eigenvalue weighted by atomic mass is 16.6. The normalized spacial score (nSPS) is 10.7. The van der Waals surface area contributed by atoms with Crippen LogP contribution in [-0.4, -0.2) is 18.2 Å². The van der Waals surface area contributed by atoms with E-state index in [0.29, 0.717) is 10.8 Å². The molecule has 1 aromatic heterocycles. The Morgan fingerprint density at radius 2 is 1.85 bits per heavy atom. The lowest BCUT2D eigenvalue weighted by atomic mass is 9.99. The molecule has 0 aliphatic rings. The summed E-state index contributed by atoms with van der Waals surface area (Å²) in [6.07, 6.45) is 0. The molecule has 0 unspecified atom stereocenters. The zero-order valence-corrected chi connectivity index (χ0v) is 10.8. The second kappa shape index (κ2) is 4.74. The first-order valence-electron chi connectivity index (χ1n) is 6.10. The third kappa shape index (κ3) is 1.82. The number of carboxylic acids is 1. The Balaban J connectivity index is 2.39. The number of carboxylic acid groups (broad SMARTS) is 1. The van der Waals surface area contributed by atoms with Gasteiger partial charge in [0.1, 0.15) is 0 Å². The fourth-order valence-electron chi connectivity index (χ4n) is 2.33. The summed E-state index contributed by atoms with van der Waals surface area (Å²) in [6.45, 7) is 0. The molecule has 3 rings (SSSR count). The van der Waals surface area contributed by atoms with Crippen LogP contribution in [0.1, 0.15) is 10.6 Å². The van der Waals surface area contributed by atoms with Crippen LogP contribution in [0.4, 0.5) is 0 Å².